The van der Waals surface area contributed by atoms with E-state index in [4.69, 9.17) is 0 Å². The summed E-state index contributed by atoms with van der Waals surface area (Å²) in [7, 11) is 0. The van der Waals surface area contributed by atoms with Crippen LogP contribution < -0.4 is 5.32 Å². The van der Waals surface area contributed by atoms with Crippen molar-refractivity contribution in [1.29, 1.82) is 0 Å². The first-order valence-electron chi connectivity index (χ1n) is 6.20. The summed E-state index contributed by atoms with van der Waals surface area (Å²) >= 11 is 0. The lowest BCUT2D eigenvalue weighted by Gasteiger charge is -2.31. The molecule has 14 heavy (non-hydrogen) atoms. The Hall–Kier alpha value is -0.0800. The molecule has 0 aliphatic carbocycles. The zero-order valence-corrected chi connectivity index (χ0v) is 10.1. The molecule has 1 fully saturated rings. The van der Waals surface area contributed by atoms with Crippen LogP contribution in [0.5, 0.6) is 0 Å². The topological polar surface area (TPSA) is 15.3 Å². The zero-order valence-electron chi connectivity index (χ0n) is 10.1. The normalized spacial score (nSPS) is 20.6. The Morgan fingerprint density at radius 2 is 1.86 bits per heavy atom. The molecule has 0 amide bonds. The van der Waals surface area contributed by atoms with E-state index >= 15 is 0 Å². The van der Waals surface area contributed by atoms with E-state index in [1.54, 1.807) is 0 Å². The molecule has 84 valence electrons. The van der Waals surface area contributed by atoms with Gasteiger partial charge in [-0.25, -0.2) is 0 Å². The van der Waals surface area contributed by atoms with Crippen LogP contribution in [0.1, 0.15) is 40.0 Å². The molecule has 1 N–H and O–H groups in total. The lowest BCUT2D eigenvalue weighted by Crippen LogP contribution is -2.44. The average molecular weight is 198 g/mol. The highest BCUT2D eigenvalue weighted by atomic mass is 15.2. The van der Waals surface area contributed by atoms with Gasteiger partial charge in [-0.05, 0) is 44.8 Å². The van der Waals surface area contributed by atoms with Gasteiger partial charge in [-0.15, -0.1) is 0 Å². The van der Waals surface area contributed by atoms with Gasteiger partial charge in [-0.2, -0.15) is 0 Å². The smallest absolute Gasteiger partial charge is 0.0243 e. The lowest BCUT2D eigenvalue weighted by atomic mass is 10.0. The second kappa shape index (κ2) is 6.41. The Morgan fingerprint density at radius 1 is 1.21 bits per heavy atom. The summed E-state index contributed by atoms with van der Waals surface area (Å²) in [4.78, 5) is 2.66. The molecule has 2 heteroatoms. The third-order valence-corrected chi connectivity index (χ3v) is 3.16. The van der Waals surface area contributed by atoms with Crippen molar-refractivity contribution in [3.05, 3.63) is 0 Å². The molecule has 1 heterocycles. The fraction of sp³-hybridized carbons (Fsp3) is 1.00. The van der Waals surface area contributed by atoms with Crippen LogP contribution in [0.4, 0.5) is 0 Å². The van der Waals surface area contributed by atoms with Gasteiger partial charge in [0.15, 0.2) is 0 Å². The van der Waals surface area contributed by atoms with E-state index in [0.29, 0.717) is 0 Å². The highest BCUT2D eigenvalue weighted by molar-refractivity contribution is 4.80. The fourth-order valence-corrected chi connectivity index (χ4v) is 2.29. The van der Waals surface area contributed by atoms with E-state index < -0.39 is 0 Å². The summed E-state index contributed by atoms with van der Waals surface area (Å²) < 4.78 is 0. The number of hydrogen-bond donors (Lipinski definition) is 1. The van der Waals surface area contributed by atoms with Crippen molar-refractivity contribution in [3.63, 3.8) is 0 Å². The summed E-state index contributed by atoms with van der Waals surface area (Å²) in [5.41, 5.74) is 0. The van der Waals surface area contributed by atoms with Gasteiger partial charge in [0, 0.05) is 12.6 Å². The van der Waals surface area contributed by atoms with Crippen molar-refractivity contribution in [2.45, 2.75) is 46.1 Å². The third-order valence-electron chi connectivity index (χ3n) is 3.16. The Balaban J connectivity index is 2.30. The summed E-state index contributed by atoms with van der Waals surface area (Å²) in [5.74, 6) is 0.775. The Morgan fingerprint density at radius 3 is 2.36 bits per heavy atom. The predicted octanol–water partition coefficient (Wildman–Crippen LogP) is 2.11. The second-order valence-electron chi connectivity index (χ2n) is 4.76. The minimum atomic E-state index is 0.754. The van der Waals surface area contributed by atoms with Gasteiger partial charge in [0.2, 0.25) is 0 Å². The summed E-state index contributed by atoms with van der Waals surface area (Å²) in [6, 6.07) is 0.754. The van der Waals surface area contributed by atoms with E-state index in [-0.39, 0.29) is 0 Å². The number of rotatable bonds is 6. The van der Waals surface area contributed by atoms with Crippen LogP contribution in [0, 0.1) is 5.92 Å². The number of nitrogens with zero attached hydrogens (tertiary/aromatic N) is 1. The van der Waals surface area contributed by atoms with Crippen molar-refractivity contribution >= 4 is 0 Å². The lowest BCUT2D eigenvalue weighted by molar-refractivity contribution is 0.187. The SMILES string of the molecule is CCCNCC(C(C)C)N1CCCC1. The molecule has 0 saturated carbocycles. The maximum atomic E-state index is 3.55. The maximum Gasteiger partial charge on any atom is 0.0243 e. The molecule has 0 aromatic carbocycles. The summed E-state index contributed by atoms with van der Waals surface area (Å²) in [5, 5.41) is 3.55. The standard InChI is InChI=1S/C12H26N2/c1-4-7-13-10-12(11(2)3)14-8-5-6-9-14/h11-13H,4-10H2,1-3H3. The number of hydrogen-bond acceptors (Lipinski definition) is 2. The van der Waals surface area contributed by atoms with E-state index in [2.05, 4.69) is 31.0 Å². The van der Waals surface area contributed by atoms with Gasteiger partial charge < -0.3 is 5.32 Å². The minimum Gasteiger partial charge on any atom is -0.315 e. The van der Waals surface area contributed by atoms with Crippen LogP contribution >= 0.6 is 0 Å². The van der Waals surface area contributed by atoms with Gasteiger partial charge in [0.05, 0.1) is 0 Å². The zero-order chi connectivity index (χ0) is 10.4. The van der Waals surface area contributed by atoms with Gasteiger partial charge in [-0.3, -0.25) is 4.90 Å². The van der Waals surface area contributed by atoms with Crippen molar-refractivity contribution in [3.8, 4) is 0 Å². The first-order chi connectivity index (χ1) is 6.75. The van der Waals surface area contributed by atoms with Crippen LogP contribution in [-0.2, 0) is 0 Å². The monoisotopic (exact) mass is 198 g/mol. The number of likely N-dealkylation sites (tertiary alicyclic amines) is 1. The summed E-state index contributed by atoms with van der Waals surface area (Å²) in [6.45, 7) is 11.9. The molecule has 1 unspecified atom stereocenters. The molecular weight excluding hydrogens is 172 g/mol. The molecule has 0 aromatic rings. The summed E-state index contributed by atoms with van der Waals surface area (Å²) in [6.07, 6.45) is 4.04. The van der Waals surface area contributed by atoms with Crippen molar-refractivity contribution < 1.29 is 0 Å². The molecule has 1 saturated heterocycles. The van der Waals surface area contributed by atoms with E-state index in [1.165, 1.54) is 38.9 Å². The van der Waals surface area contributed by atoms with Crippen molar-refractivity contribution in [2.24, 2.45) is 5.92 Å². The molecular formula is C12H26N2. The maximum absolute atomic E-state index is 3.55. The molecule has 2 nitrogen and oxygen atoms in total. The molecule has 0 radical (unpaired) electrons. The highest BCUT2D eigenvalue weighted by Gasteiger charge is 2.23. The van der Waals surface area contributed by atoms with Gasteiger partial charge >= 0.3 is 0 Å². The Bertz CT molecular complexity index is 139. The second-order valence-corrected chi connectivity index (χ2v) is 4.76. The minimum absolute atomic E-state index is 0.754. The molecule has 1 rings (SSSR count). The van der Waals surface area contributed by atoms with Crippen LogP contribution in [0.3, 0.4) is 0 Å². The predicted molar refractivity (Wildman–Crippen MR) is 62.6 cm³/mol. The molecule has 0 bridgehead atoms. The van der Waals surface area contributed by atoms with Gasteiger partial charge in [0.25, 0.3) is 0 Å². The molecule has 0 aromatic heterocycles. The van der Waals surface area contributed by atoms with Crippen LogP contribution in [-0.4, -0.2) is 37.1 Å². The van der Waals surface area contributed by atoms with Crippen molar-refractivity contribution in [1.82, 2.24) is 10.2 Å². The quantitative estimate of drug-likeness (QED) is 0.658. The first kappa shape index (κ1) is 12.0. The van der Waals surface area contributed by atoms with E-state index in [0.717, 1.165) is 18.5 Å². The first-order valence-corrected chi connectivity index (χ1v) is 6.20. The highest BCUT2D eigenvalue weighted by Crippen LogP contribution is 2.16. The van der Waals surface area contributed by atoms with Crippen LogP contribution in [0.25, 0.3) is 0 Å². The van der Waals surface area contributed by atoms with E-state index in [1.807, 2.05) is 0 Å². The van der Waals surface area contributed by atoms with Crippen molar-refractivity contribution in [2.75, 3.05) is 26.2 Å². The van der Waals surface area contributed by atoms with Crippen LogP contribution in [0.15, 0.2) is 0 Å². The molecule has 1 atom stereocenters. The Kier molecular flexibility index (Phi) is 5.49. The Labute approximate surface area is 89.1 Å². The fourth-order valence-electron chi connectivity index (χ4n) is 2.29. The molecule has 1 aliphatic heterocycles. The van der Waals surface area contributed by atoms with Gasteiger partial charge in [0.1, 0.15) is 0 Å². The van der Waals surface area contributed by atoms with Gasteiger partial charge in [-0.1, -0.05) is 20.8 Å². The van der Waals surface area contributed by atoms with E-state index in [9.17, 15) is 0 Å². The largest absolute Gasteiger partial charge is 0.315 e. The molecule has 0 spiro atoms. The molecule has 1 aliphatic rings. The number of nitrogens with one attached hydrogen (secondary N) is 1. The van der Waals surface area contributed by atoms with Crippen LogP contribution in [0.2, 0.25) is 0 Å². The average Bonchev–Trinajstić information content (AvgIpc) is 2.64. The third kappa shape index (κ3) is 3.58.